The van der Waals surface area contributed by atoms with E-state index in [9.17, 15) is 28.9 Å². The molecule has 68 heavy (non-hydrogen) atoms. The highest BCUT2D eigenvalue weighted by Gasteiger charge is 2.28. The van der Waals surface area contributed by atoms with E-state index in [0.717, 1.165) is 103 Å². The van der Waals surface area contributed by atoms with Crippen LogP contribution in [0.1, 0.15) is 213 Å². The Balaban J connectivity index is 4.82. The monoisotopic (exact) mass is 975 g/mol. The van der Waals surface area contributed by atoms with Gasteiger partial charge in [0.15, 0.2) is 6.10 Å². The van der Waals surface area contributed by atoms with E-state index in [1.807, 2.05) is 12.2 Å². The molecule has 390 valence electrons. The molecule has 0 radical (unpaired) electrons. The summed E-state index contributed by atoms with van der Waals surface area (Å²) in [7, 11) is -4.76. The summed E-state index contributed by atoms with van der Waals surface area (Å²) < 4.78 is 39.2. The van der Waals surface area contributed by atoms with Gasteiger partial charge in [0.05, 0.1) is 19.8 Å². The Bertz CT molecular complexity index is 1460. The van der Waals surface area contributed by atoms with Crippen LogP contribution in [0.2, 0.25) is 0 Å². The normalized spacial score (nSPS) is 14.1. The Morgan fingerprint density at radius 1 is 0.426 bits per heavy atom. The topological polar surface area (TPSA) is 155 Å². The van der Waals surface area contributed by atoms with Gasteiger partial charge in [-0.1, -0.05) is 183 Å². The highest BCUT2D eigenvalue weighted by Crippen LogP contribution is 2.43. The number of esters is 3. The number of allylic oxidation sites excluding steroid dienone is 14. The second kappa shape index (κ2) is 50.1. The molecule has 2 N–H and O–H groups in total. The third kappa shape index (κ3) is 47.7. The minimum Gasteiger partial charge on any atom is -0.462 e. The van der Waals surface area contributed by atoms with Crippen LogP contribution in [0.15, 0.2) is 85.1 Å². The Morgan fingerprint density at radius 3 is 1.32 bits per heavy atom. The number of phosphoric acid groups is 1. The van der Waals surface area contributed by atoms with Gasteiger partial charge in [0.25, 0.3) is 0 Å². The van der Waals surface area contributed by atoms with Crippen LogP contribution in [0, 0.1) is 0 Å². The van der Waals surface area contributed by atoms with Crippen LogP contribution >= 0.6 is 7.82 Å². The van der Waals surface area contributed by atoms with Gasteiger partial charge < -0.3 is 24.2 Å². The highest BCUT2D eigenvalue weighted by molar-refractivity contribution is 7.47. The summed E-state index contributed by atoms with van der Waals surface area (Å²) in [5, 5.41) is 9.76. The molecule has 0 saturated heterocycles. The van der Waals surface area contributed by atoms with Gasteiger partial charge in [-0.15, -0.1) is 0 Å². The number of rotatable bonds is 48. The van der Waals surface area contributed by atoms with E-state index in [1.54, 1.807) is 0 Å². The Morgan fingerprint density at radius 2 is 0.809 bits per heavy atom. The lowest BCUT2D eigenvalue weighted by Gasteiger charge is -2.21. The smallest absolute Gasteiger partial charge is 0.462 e. The number of carbonyl (C=O) groups excluding carboxylic acids is 3. The maximum Gasteiger partial charge on any atom is 0.472 e. The van der Waals surface area contributed by atoms with E-state index in [-0.39, 0.29) is 25.9 Å². The first-order valence-electron chi connectivity index (χ1n) is 26.5. The van der Waals surface area contributed by atoms with Gasteiger partial charge in [0.2, 0.25) is 0 Å². The molecule has 0 aliphatic rings. The molecule has 3 atom stereocenters. The molecule has 3 unspecified atom stereocenters. The Hall–Kier alpha value is -3.34. The van der Waals surface area contributed by atoms with Gasteiger partial charge in [0.1, 0.15) is 12.7 Å². The van der Waals surface area contributed by atoms with Crippen molar-refractivity contribution in [2.45, 2.75) is 226 Å². The first-order valence-corrected chi connectivity index (χ1v) is 28.0. The lowest BCUT2D eigenvalue weighted by molar-refractivity contribution is -0.161. The molecule has 0 aromatic carbocycles. The number of aliphatic hydroxyl groups excluding tert-OH is 1. The number of hydrogen-bond acceptors (Lipinski definition) is 10. The standard InChI is InChI=1S/C56H95O11P/c1-4-7-10-13-16-19-22-24-25-26-27-29-31-33-36-39-42-45-54(58)63-49-53(67-56(60)47-44-41-38-35-32-28-23-20-17-14-11-8-5-2)51-65-68(61,62)64-50-52(48-57)66-55(59)46-43-40-37-34-30-21-18-15-12-9-6-3/h8,11,15-20,24-25,28,32,38,41,52-53,57H,4-7,9-10,12-14,21-23,26-27,29-31,33-37,39-40,42-51H2,1-3H3,(H,61,62)/b11-8-,18-15-,19-16-,20-17-,25-24-,32-28-,41-38-. The van der Waals surface area contributed by atoms with Crippen LogP contribution in [0.25, 0.3) is 0 Å². The molecule has 0 spiro atoms. The maximum atomic E-state index is 12.8. The minimum atomic E-state index is -4.76. The zero-order chi connectivity index (χ0) is 49.9. The van der Waals surface area contributed by atoms with Crippen LogP contribution < -0.4 is 0 Å². The van der Waals surface area contributed by atoms with Gasteiger partial charge in [0, 0.05) is 19.3 Å². The molecule has 0 aromatic rings. The molecule has 0 rings (SSSR count). The predicted octanol–water partition coefficient (Wildman–Crippen LogP) is 15.1. The van der Waals surface area contributed by atoms with E-state index in [4.69, 9.17) is 23.3 Å². The lowest BCUT2D eigenvalue weighted by atomic mass is 10.1. The molecule has 0 fully saturated rings. The van der Waals surface area contributed by atoms with Crippen molar-refractivity contribution in [3.63, 3.8) is 0 Å². The first-order chi connectivity index (χ1) is 33.2. The highest BCUT2D eigenvalue weighted by atomic mass is 31.2. The summed E-state index contributed by atoms with van der Waals surface area (Å²) in [6.07, 6.45) is 55.7. The number of hydrogen-bond donors (Lipinski definition) is 2. The number of carbonyl (C=O) groups is 3. The summed E-state index contributed by atoms with van der Waals surface area (Å²) in [4.78, 5) is 48.3. The second-order valence-corrected chi connectivity index (χ2v) is 18.8. The van der Waals surface area contributed by atoms with Crippen LogP contribution in [-0.4, -0.2) is 66.5 Å². The van der Waals surface area contributed by atoms with Gasteiger partial charge in [-0.25, -0.2) is 4.57 Å². The zero-order valence-electron chi connectivity index (χ0n) is 42.8. The summed E-state index contributed by atoms with van der Waals surface area (Å²) >= 11 is 0. The van der Waals surface area contributed by atoms with Crippen LogP contribution in [0.5, 0.6) is 0 Å². The Kier molecular flexibility index (Phi) is 47.6. The van der Waals surface area contributed by atoms with Crippen molar-refractivity contribution in [1.29, 1.82) is 0 Å². The summed E-state index contributed by atoms with van der Waals surface area (Å²) in [6, 6.07) is 0. The molecule has 0 bridgehead atoms. The summed E-state index contributed by atoms with van der Waals surface area (Å²) in [6.45, 7) is 4.34. The van der Waals surface area contributed by atoms with Crippen LogP contribution in [0.3, 0.4) is 0 Å². The average molecular weight is 975 g/mol. The quantitative estimate of drug-likeness (QED) is 0.0197. The fourth-order valence-electron chi connectivity index (χ4n) is 6.73. The van der Waals surface area contributed by atoms with Crippen molar-refractivity contribution < 1.29 is 52.2 Å². The average Bonchev–Trinajstić information content (AvgIpc) is 3.32. The minimum absolute atomic E-state index is 0.0415. The molecule has 0 aromatic heterocycles. The number of phosphoric ester groups is 1. The van der Waals surface area contributed by atoms with E-state index in [0.29, 0.717) is 19.3 Å². The second-order valence-electron chi connectivity index (χ2n) is 17.3. The van der Waals surface area contributed by atoms with Crippen molar-refractivity contribution in [2.75, 3.05) is 26.4 Å². The van der Waals surface area contributed by atoms with Crippen LogP contribution in [-0.2, 0) is 42.2 Å². The fraction of sp³-hybridized carbons (Fsp3) is 0.696. The van der Waals surface area contributed by atoms with E-state index in [1.165, 1.54) is 51.4 Å². The molecule has 12 heteroatoms. The molecule has 0 amide bonds. The lowest BCUT2D eigenvalue weighted by Crippen LogP contribution is -2.30. The van der Waals surface area contributed by atoms with Gasteiger partial charge in [-0.3, -0.25) is 23.4 Å². The summed E-state index contributed by atoms with van der Waals surface area (Å²) in [5.41, 5.74) is 0. The zero-order valence-corrected chi connectivity index (χ0v) is 43.7. The summed E-state index contributed by atoms with van der Waals surface area (Å²) in [5.74, 6) is -1.59. The van der Waals surface area contributed by atoms with Crippen LogP contribution in [0.4, 0.5) is 0 Å². The molecule has 0 aliphatic heterocycles. The first kappa shape index (κ1) is 64.7. The van der Waals surface area contributed by atoms with Crippen molar-refractivity contribution in [1.82, 2.24) is 0 Å². The predicted molar refractivity (Wildman–Crippen MR) is 279 cm³/mol. The number of ether oxygens (including phenoxy) is 3. The number of aliphatic hydroxyl groups is 1. The van der Waals surface area contributed by atoms with E-state index < -0.39 is 57.8 Å². The van der Waals surface area contributed by atoms with Gasteiger partial charge >= 0.3 is 25.7 Å². The van der Waals surface area contributed by atoms with E-state index in [2.05, 4.69) is 93.7 Å². The largest absolute Gasteiger partial charge is 0.472 e. The van der Waals surface area contributed by atoms with Gasteiger partial charge in [-0.2, -0.15) is 0 Å². The molecular weight excluding hydrogens is 880 g/mol. The van der Waals surface area contributed by atoms with Crippen molar-refractivity contribution >= 4 is 25.7 Å². The SMILES string of the molecule is CC/C=C\C/C=C\C/C=C\C/C=C\CCC(=O)OC(COC(=O)CCCCCCCCC/C=C\C/C=C\CCCCC)COP(=O)(O)OCC(CO)OC(=O)CCCCCCC/C=C\CCCC. The third-order valence-electron chi connectivity index (χ3n) is 10.8. The maximum absolute atomic E-state index is 12.8. The molecule has 11 nitrogen and oxygen atoms in total. The molecule has 0 aliphatic carbocycles. The molecular formula is C56H95O11P. The van der Waals surface area contributed by atoms with E-state index >= 15 is 0 Å². The fourth-order valence-corrected chi connectivity index (χ4v) is 7.52. The number of unbranched alkanes of at least 4 members (excludes halogenated alkanes) is 17. The van der Waals surface area contributed by atoms with Crippen molar-refractivity contribution in [3.05, 3.63) is 85.1 Å². The molecule has 0 saturated carbocycles. The van der Waals surface area contributed by atoms with Gasteiger partial charge in [-0.05, 0) is 96.3 Å². The Labute approximate surface area is 413 Å². The third-order valence-corrected chi connectivity index (χ3v) is 11.7. The van der Waals surface area contributed by atoms with Crippen molar-refractivity contribution in [2.24, 2.45) is 0 Å². The molecule has 0 heterocycles. The van der Waals surface area contributed by atoms with Crippen molar-refractivity contribution in [3.8, 4) is 0 Å².